The van der Waals surface area contributed by atoms with E-state index in [2.05, 4.69) is 10.1 Å². The summed E-state index contributed by atoms with van der Waals surface area (Å²) < 4.78 is 39.6. The van der Waals surface area contributed by atoms with E-state index in [0.717, 1.165) is 17.0 Å². The van der Waals surface area contributed by atoms with Gasteiger partial charge in [-0.25, -0.2) is 22.8 Å². The Bertz CT molecular complexity index is 586. The van der Waals surface area contributed by atoms with Crippen LogP contribution in [0.2, 0.25) is 0 Å². The van der Waals surface area contributed by atoms with Crippen molar-refractivity contribution >= 4 is 11.6 Å². The molecule has 0 bridgehead atoms. The van der Waals surface area contributed by atoms with Crippen LogP contribution in [0.4, 0.5) is 18.9 Å². The van der Waals surface area contributed by atoms with Crippen molar-refractivity contribution in [1.29, 1.82) is 0 Å². The molecule has 0 saturated carbocycles. The minimum absolute atomic E-state index is 0.202. The molecule has 0 aliphatic heterocycles. The molecule has 0 saturated heterocycles. The molecule has 1 aromatic heterocycles. The maximum absolute atomic E-state index is 12.9. The van der Waals surface area contributed by atoms with Crippen molar-refractivity contribution < 1.29 is 18.0 Å². The SMILES string of the molecule is C[C@@H](C(=O)N(CC(F)F)c1ccc(F)cc1)n1cncn1. The smallest absolute Gasteiger partial charge is 0.256 e. The summed E-state index contributed by atoms with van der Waals surface area (Å²) in [5.74, 6) is -1.08. The Kier molecular flexibility index (Phi) is 4.56. The van der Waals surface area contributed by atoms with Crippen molar-refractivity contribution in [1.82, 2.24) is 14.8 Å². The molecular weight excluding hydrogens is 285 g/mol. The minimum Gasteiger partial charge on any atom is -0.305 e. The predicted molar refractivity (Wildman–Crippen MR) is 69.5 cm³/mol. The van der Waals surface area contributed by atoms with Gasteiger partial charge in [-0.1, -0.05) is 0 Å². The highest BCUT2D eigenvalue weighted by atomic mass is 19.3. The van der Waals surface area contributed by atoms with Gasteiger partial charge in [0.2, 0.25) is 0 Å². The Hall–Kier alpha value is -2.38. The zero-order valence-corrected chi connectivity index (χ0v) is 11.2. The fourth-order valence-corrected chi connectivity index (χ4v) is 1.84. The minimum atomic E-state index is -2.71. The molecule has 1 atom stereocenters. The van der Waals surface area contributed by atoms with E-state index in [-0.39, 0.29) is 5.69 Å². The van der Waals surface area contributed by atoms with E-state index in [9.17, 15) is 18.0 Å². The first-order chi connectivity index (χ1) is 9.99. The molecule has 2 rings (SSSR count). The summed E-state index contributed by atoms with van der Waals surface area (Å²) in [6.07, 6.45) is -0.130. The molecule has 8 heteroatoms. The molecule has 0 aliphatic carbocycles. The molecule has 0 radical (unpaired) electrons. The number of amides is 1. The lowest BCUT2D eigenvalue weighted by atomic mass is 10.2. The molecule has 1 aromatic carbocycles. The summed E-state index contributed by atoms with van der Waals surface area (Å²) in [4.78, 5) is 17.0. The van der Waals surface area contributed by atoms with E-state index in [0.29, 0.717) is 0 Å². The third kappa shape index (κ3) is 3.59. The maximum Gasteiger partial charge on any atom is 0.256 e. The number of aromatic nitrogens is 3. The number of hydrogen-bond acceptors (Lipinski definition) is 3. The second-order valence-electron chi connectivity index (χ2n) is 4.37. The first-order valence-corrected chi connectivity index (χ1v) is 6.18. The summed E-state index contributed by atoms with van der Waals surface area (Å²) in [6.45, 7) is 0.752. The molecule has 0 spiro atoms. The van der Waals surface area contributed by atoms with Gasteiger partial charge in [0.05, 0.1) is 6.54 Å². The number of carbonyl (C=O) groups excluding carboxylic acids is 1. The quantitative estimate of drug-likeness (QED) is 0.851. The highest BCUT2D eigenvalue weighted by molar-refractivity contribution is 5.95. The standard InChI is InChI=1S/C13H13F3N4O/c1-9(20-8-17-7-18-20)13(21)19(6-12(15)16)11-4-2-10(14)3-5-11/h2-5,7-9,12H,6H2,1H3/t9-/m0/s1. The van der Waals surface area contributed by atoms with Gasteiger partial charge < -0.3 is 4.90 Å². The lowest BCUT2D eigenvalue weighted by molar-refractivity contribution is -0.122. The van der Waals surface area contributed by atoms with Crippen LogP contribution in [0.3, 0.4) is 0 Å². The third-order valence-electron chi connectivity index (χ3n) is 2.92. The van der Waals surface area contributed by atoms with Gasteiger partial charge in [0.25, 0.3) is 12.3 Å². The number of alkyl halides is 2. The number of carbonyl (C=O) groups is 1. The molecule has 2 aromatic rings. The fourth-order valence-electron chi connectivity index (χ4n) is 1.84. The van der Waals surface area contributed by atoms with E-state index in [1.54, 1.807) is 0 Å². The van der Waals surface area contributed by atoms with Crippen molar-refractivity contribution in [3.05, 3.63) is 42.7 Å². The summed E-state index contributed by atoms with van der Waals surface area (Å²) >= 11 is 0. The Labute approximate surface area is 119 Å². The maximum atomic E-state index is 12.9. The average molecular weight is 298 g/mol. The lowest BCUT2D eigenvalue weighted by Crippen LogP contribution is -2.39. The normalized spacial score (nSPS) is 12.4. The highest BCUT2D eigenvalue weighted by Crippen LogP contribution is 2.20. The molecule has 0 fully saturated rings. The van der Waals surface area contributed by atoms with Crippen LogP contribution in [0, 0.1) is 5.82 Å². The molecule has 5 nitrogen and oxygen atoms in total. The van der Waals surface area contributed by atoms with Crippen LogP contribution in [0.5, 0.6) is 0 Å². The van der Waals surface area contributed by atoms with Crippen molar-refractivity contribution in [2.75, 3.05) is 11.4 Å². The first-order valence-electron chi connectivity index (χ1n) is 6.18. The van der Waals surface area contributed by atoms with Gasteiger partial charge in [-0.2, -0.15) is 5.10 Å². The molecule has 0 N–H and O–H groups in total. The van der Waals surface area contributed by atoms with Crippen molar-refractivity contribution in [3.63, 3.8) is 0 Å². The highest BCUT2D eigenvalue weighted by Gasteiger charge is 2.26. The van der Waals surface area contributed by atoms with Gasteiger partial charge >= 0.3 is 0 Å². The zero-order valence-electron chi connectivity index (χ0n) is 11.2. The predicted octanol–water partition coefficient (Wildman–Crippen LogP) is 2.28. The number of nitrogens with zero attached hydrogens (tertiary/aromatic N) is 4. The Morgan fingerprint density at radius 2 is 2.00 bits per heavy atom. The van der Waals surface area contributed by atoms with Crippen molar-refractivity contribution in [2.24, 2.45) is 0 Å². The third-order valence-corrected chi connectivity index (χ3v) is 2.92. The number of anilines is 1. The molecule has 0 aliphatic rings. The molecule has 1 amide bonds. The molecule has 0 unspecified atom stereocenters. The first kappa shape index (κ1) is 15.0. The summed E-state index contributed by atoms with van der Waals surface area (Å²) in [6, 6.07) is 3.99. The molecular formula is C13H13F3N4O. The van der Waals surface area contributed by atoms with E-state index < -0.39 is 30.7 Å². The fraction of sp³-hybridized carbons (Fsp3) is 0.308. The zero-order chi connectivity index (χ0) is 15.4. The van der Waals surface area contributed by atoms with Crippen LogP contribution in [-0.4, -0.2) is 33.6 Å². The largest absolute Gasteiger partial charge is 0.305 e. The molecule has 1 heterocycles. The van der Waals surface area contributed by atoms with Gasteiger partial charge in [0, 0.05) is 5.69 Å². The molecule has 112 valence electrons. The second-order valence-corrected chi connectivity index (χ2v) is 4.37. The van der Waals surface area contributed by atoms with Gasteiger partial charge in [0.1, 0.15) is 24.5 Å². The van der Waals surface area contributed by atoms with Crippen LogP contribution in [-0.2, 0) is 4.79 Å². The van der Waals surface area contributed by atoms with Gasteiger partial charge in [0.15, 0.2) is 0 Å². The van der Waals surface area contributed by atoms with Gasteiger partial charge in [-0.15, -0.1) is 0 Å². The molecule has 21 heavy (non-hydrogen) atoms. The van der Waals surface area contributed by atoms with Crippen LogP contribution < -0.4 is 4.90 Å². The van der Waals surface area contributed by atoms with Gasteiger partial charge in [-0.05, 0) is 31.2 Å². The Morgan fingerprint density at radius 1 is 1.33 bits per heavy atom. The van der Waals surface area contributed by atoms with Crippen LogP contribution in [0.15, 0.2) is 36.9 Å². The lowest BCUT2D eigenvalue weighted by Gasteiger charge is -2.25. The topological polar surface area (TPSA) is 51.0 Å². The van der Waals surface area contributed by atoms with Crippen LogP contribution >= 0.6 is 0 Å². The summed E-state index contributed by atoms with van der Waals surface area (Å²) in [5, 5.41) is 3.82. The number of hydrogen-bond donors (Lipinski definition) is 0. The number of benzene rings is 1. The Morgan fingerprint density at radius 3 is 2.52 bits per heavy atom. The van der Waals surface area contributed by atoms with E-state index >= 15 is 0 Å². The average Bonchev–Trinajstić information content (AvgIpc) is 2.98. The van der Waals surface area contributed by atoms with Crippen molar-refractivity contribution in [2.45, 2.75) is 19.4 Å². The van der Waals surface area contributed by atoms with E-state index in [4.69, 9.17) is 0 Å². The van der Waals surface area contributed by atoms with E-state index in [1.165, 1.54) is 36.4 Å². The van der Waals surface area contributed by atoms with Crippen LogP contribution in [0.25, 0.3) is 0 Å². The summed E-state index contributed by atoms with van der Waals surface area (Å²) in [5.41, 5.74) is 0.202. The van der Waals surface area contributed by atoms with Crippen LogP contribution in [0.1, 0.15) is 13.0 Å². The van der Waals surface area contributed by atoms with Gasteiger partial charge in [-0.3, -0.25) is 4.79 Å². The monoisotopic (exact) mass is 298 g/mol. The summed E-state index contributed by atoms with van der Waals surface area (Å²) in [7, 11) is 0. The van der Waals surface area contributed by atoms with E-state index in [1.807, 2.05) is 0 Å². The number of halogens is 3. The Balaban J connectivity index is 2.27. The second kappa shape index (κ2) is 6.38. The number of rotatable bonds is 5. The van der Waals surface area contributed by atoms with Crippen molar-refractivity contribution in [3.8, 4) is 0 Å².